The average molecular weight is 346 g/mol. The molecular formula is C16H16BrN3O. The van der Waals surface area contributed by atoms with Crippen molar-refractivity contribution in [1.82, 2.24) is 9.78 Å². The first-order valence-electron chi connectivity index (χ1n) is 6.98. The first-order valence-corrected chi connectivity index (χ1v) is 7.78. The van der Waals surface area contributed by atoms with Crippen molar-refractivity contribution in [2.24, 2.45) is 5.92 Å². The first kappa shape index (κ1) is 14.1. The van der Waals surface area contributed by atoms with Crippen molar-refractivity contribution in [3.05, 3.63) is 53.3 Å². The van der Waals surface area contributed by atoms with Gasteiger partial charge in [-0.15, -0.1) is 0 Å². The van der Waals surface area contributed by atoms with Gasteiger partial charge in [0.05, 0.1) is 22.0 Å². The number of hydrogen-bond acceptors (Lipinski definition) is 2. The number of para-hydroxylation sites is 2. The van der Waals surface area contributed by atoms with Crippen molar-refractivity contribution in [3.8, 4) is 5.69 Å². The lowest BCUT2D eigenvalue weighted by atomic mass is 10.0. The highest BCUT2D eigenvalue weighted by Gasteiger charge is 2.15. The van der Waals surface area contributed by atoms with E-state index >= 15 is 0 Å². The fourth-order valence-electron chi connectivity index (χ4n) is 2.52. The van der Waals surface area contributed by atoms with Crippen molar-refractivity contribution in [2.75, 3.05) is 5.32 Å². The fraction of sp³-hybridized carbons (Fsp3) is 0.250. The molecule has 5 heteroatoms. The van der Waals surface area contributed by atoms with E-state index in [1.807, 2.05) is 30.5 Å². The van der Waals surface area contributed by atoms with Crippen molar-refractivity contribution in [3.63, 3.8) is 0 Å². The normalized spacial score (nSPS) is 17.1. The number of nitrogens with one attached hydrogen (secondary N) is 1. The van der Waals surface area contributed by atoms with Crippen molar-refractivity contribution < 1.29 is 4.79 Å². The summed E-state index contributed by atoms with van der Waals surface area (Å²) in [6.45, 7) is 0. The van der Waals surface area contributed by atoms with Gasteiger partial charge in [-0.25, -0.2) is 4.68 Å². The van der Waals surface area contributed by atoms with Gasteiger partial charge in [-0.1, -0.05) is 24.3 Å². The van der Waals surface area contributed by atoms with Crippen LogP contribution in [0.2, 0.25) is 0 Å². The molecule has 2 aromatic rings. The summed E-state index contributed by atoms with van der Waals surface area (Å²) in [5.74, 6) is 0.418. The molecule has 0 saturated heterocycles. The Hall–Kier alpha value is -1.88. The molecule has 0 bridgehead atoms. The second-order valence-electron chi connectivity index (χ2n) is 5.14. The van der Waals surface area contributed by atoms with Crippen LogP contribution in [0.15, 0.2) is 53.3 Å². The van der Waals surface area contributed by atoms with Gasteiger partial charge >= 0.3 is 0 Å². The molecule has 21 heavy (non-hydrogen) atoms. The molecule has 0 spiro atoms. The molecule has 1 heterocycles. The van der Waals surface area contributed by atoms with Crippen LogP contribution in [0.3, 0.4) is 0 Å². The van der Waals surface area contributed by atoms with E-state index in [2.05, 4.69) is 38.5 Å². The predicted octanol–water partition coefficient (Wildman–Crippen LogP) is 3.93. The quantitative estimate of drug-likeness (QED) is 0.853. The van der Waals surface area contributed by atoms with Gasteiger partial charge in [-0.2, -0.15) is 5.10 Å². The molecule has 1 aromatic heterocycles. The summed E-state index contributed by atoms with van der Waals surface area (Å²) in [5.41, 5.74) is 1.64. The number of amides is 1. The number of allylic oxidation sites excluding steroid dienone is 2. The van der Waals surface area contributed by atoms with Gasteiger partial charge in [0.15, 0.2) is 0 Å². The number of aromatic nitrogens is 2. The summed E-state index contributed by atoms with van der Waals surface area (Å²) >= 11 is 3.38. The molecule has 1 N–H and O–H groups in total. The lowest BCUT2D eigenvalue weighted by Gasteiger charge is -2.12. The van der Waals surface area contributed by atoms with E-state index in [-0.39, 0.29) is 5.91 Å². The third-order valence-electron chi connectivity index (χ3n) is 3.54. The van der Waals surface area contributed by atoms with Crippen LogP contribution >= 0.6 is 15.9 Å². The van der Waals surface area contributed by atoms with Crippen LogP contribution in [0.4, 0.5) is 5.69 Å². The number of nitrogens with zero attached hydrogens (tertiary/aromatic N) is 2. The van der Waals surface area contributed by atoms with Crippen molar-refractivity contribution in [1.29, 1.82) is 0 Å². The zero-order chi connectivity index (χ0) is 14.7. The maximum atomic E-state index is 12.2. The molecule has 0 aliphatic heterocycles. The molecule has 1 amide bonds. The van der Waals surface area contributed by atoms with Gasteiger partial charge in [0.2, 0.25) is 5.91 Å². The molecule has 1 aliphatic rings. The molecule has 0 radical (unpaired) electrons. The maximum absolute atomic E-state index is 12.2. The Morgan fingerprint density at radius 2 is 2.29 bits per heavy atom. The topological polar surface area (TPSA) is 46.9 Å². The second-order valence-corrected chi connectivity index (χ2v) is 6.05. The summed E-state index contributed by atoms with van der Waals surface area (Å²) in [4.78, 5) is 12.2. The van der Waals surface area contributed by atoms with Gasteiger partial charge in [0.1, 0.15) is 0 Å². The minimum absolute atomic E-state index is 0.0465. The Bertz CT molecular complexity index is 678. The summed E-state index contributed by atoms with van der Waals surface area (Å²) in [6, 6.07) is 7.67. The number of benzene rings is 1. The molecular weight excluding hydrogens is 330 g/mol. The number of carbonyl (C=O) groups is 1. The highest BCUT2D eigenvalue weighted by molar-refractivity contribution is 9.10. The predicted molar refractivity (Wildman–Crippen MR) is 86.4 cm³/mol. The van der Waals surface area contributed by atoms with Gasteiger partial charge in [0.25, 0.3) is 0 Å². The molecule has 108 valence electrons. The third kappa shape index (κ3) is 3.42. The zero-order valence-electron chi connectivity index (χ0n) is 11.5. The van der Waals surface area contributed by atoms with Crippen LogP contribution in [0.25, 0.3) is 5.69 Å². The average Bonchev–Trinajstić information content (AvgIpc) is 3.11. The van der Waals surface area contributed by atoms with Gasteiger partial charge in [0, 0.05) is 12.6 Å². The number of hydrogen-bond donors (Lipinski definition) is 1. The molecule has 1 aliphatic carbocycles. The number of anilines is 1. The van der Waals surface area contributed by atoms with Crippen LogP contribution in [0, 0.1) is 5.92 Å². The van der Waals surface area contributed by atoms with Gasteiger partial charge < -0.3 is 5.32 Å². The minimum Gasteiger partial charge on any atom is -0.324 e. The summed E-state index contributed by atoms with van der Waals surface area (Å²) in [7, 11) is 0. The van der Waals surface area contributed by atoms with Gasteiger partial charge in [-0.05, 0) is 46.8 Å². The van der Waals surface area contributed by atoms with Crippen LogP contribution < -0.4 is 5.32 Å². The Kier molecular flexibility index (Phi) is 4.20. The molecule has 0 fully saturated rings. The smallest absolute Gasteiger partial charge is 0.225 e. The lowest BCUT2D eigenvalue weighted by Crippen LogP contribution is -2.16. The lowest BCUT2D eigenvalue weighted by molar-refractivity contribution is -0.116. The summed E-state index contributed by atoms with van der Waals surface area (Å²) in [6.07, 6.45) is 10.6. The minimum atomic E-state index is 0.0465. The highest BCUT2D eigenvalue weighted by atomic mass is 79.9. The van der Waals surface area contributed by atoms with Gasteiger partial charge in [-0.3, -0.25) is 4.79 Å². The van der Waals surface area contributed by atoms with Crippen LogP contribution in [-0.2, 0) is 4.79 Å². The van der Waals surface area contributed by atoms with E-state index in [9.17, 15) is 4.79 Å². The molecule has 1 aromatic carbocycles. The number of halogens is 1. The molecule has 4 nitrogen and oxygen atoms in total. The van der Waals surface area contributed by atoms with E-state index in [1.54, 1.807) is 10.9 Å². The maximum Gasteiger partial charge on any atom is 0.225 e. The first-order chi connectivity index (χ1) is 10.2. The summed E-state index contributed by atoms with van der Waals surface area (Å²) < 4.78 is 2.65. The SMILES string of the molecule is O=C(CC1C=CCC1)Nc1ccccc1-n1cc(Br)cn1. The summed E-state index contributed by atoms with van der Waals surface area (Å²) in [5, 5.41) is 7.26. The number of carbonyl (C=O) groups excluding carboxylic acids is 1. The van der Waals surface area contributed by atoms with E-state index in [0.29, 0.717) is 12.3 Å². The molecule has 0 saturated carbocycles. The van der Waals surface area contributed by atoms with Crippen molar-refractivity contribution in [2.45, 2.75) is 19.3 Å². The van der Waals surface area contributed by atoms with E-state index in [0.717, 1.165) is 28.7 Å². The Morgan fingerprint density at radius 3 is 3.00 bits per heavy atom. The second kappa shape index (κ2) is 6.26. The fourth-order valence-corrected chi connectivity index (χ4v) is 2.80. The molecule has 3 rings (SSSR count). The number of rotatable bonds is 4. The standard InChI is InChI=1S/C16H16BrN3O/c17-13-10-18-20(11-13)15-8-4-3-7-14(15)19-16(21)9-12-5-1-2-6-12/h1,3-5,7-8,10-12H,2,6,9H2,(H,19,21). The van der Waals surface area contributed by atoms with Crippen LogP contribution in [0.5, 0.6) is 0 Å². The van der Waals surface area contributed by atoms with E-state index in [1.165, 1.54) is 0 Å². The van der Waals surface area contributed by atoms with E-state index in [4.69, 9.17) is 0 Å². The Morgan fingerprint density at radius 1 is 1.43 bits per heavy atom. The Labute approximate surface area is 132 Å². The molecule has 1 atom stereocenters. The van der Waals surface area contributed by atoms with E-state index < -0.39 is 0 Å². The molecule has 1 unspecified atom stereocenters. The zero-order valence-corrected chi connectivity index (χ0v) is 13.1. The van der Waals surface area contributed by atoms with Crippen LogP contribution in [0.1, 0.15) is 19.3 Å². The van der Waals surface area contributed by atoms with Crippen molar-refractivity contribution >= 4 is 27.5 Å². The van der Waals surface area contributed by atoms with Crippen LogP contribution in [-0.4, -0.2) is 15.7 Å². The monoisotopic (exact) mass is 345 g/mol. The third-order valence-corrected chi connectivity index (χ3v) is 3.95. The largest absolute Gasteiger partial charge is 0.324 e. The Balaban J connectivity index is 1.76. The highest BCUT2D eigenvalue weighted by Crippen LogP contribution is 2.24.